The topological polar surface area (TPSA) is 16.4 Å². The monoisotopic (exact) mass is 897 g/mol. The molecule has 10 aromatic carbocycles. The summed E-state index contributed by atoms with van der Waals surface area (Å²) in [5.74, 6) is 0. The fourth-order valence-corrected chi connectivity index (χ4v) is 13.0. The molecule has 1 spiro atoms. The first-order chi connectivity index (χ1) is 34.1. The number of nitrogens with zero attached hydrogens (tertiary/aromatic N) is 1. The molecule has 0 amide bonds. The molecule has 0 fully saturated rings. The van der Waals surface area contributed by atoms with Gasteiger partial charge in [-0.3, -0.25) is 0 Å². The van der Waals surface area contributed by atoms with Gasteiger partial charge in [-0.2, -0.15) is 0 Å². The average molecular weight is 898 g/mol. The van der Waals surface area contributed by atoms with Crippen LogP contribution in [0.2, 0.25) is 0 Å². The van der Waals surface area contributed by atoms with Gasteiger partial charge in [-0.1, -0.05) is 172 Å². The smallest absolute Gasteiger partial charge is 0.143 e. The Morgan fingerprint density at radius 1 is 0.371 bits per heavy atom. The molecule has 0 unspecified atom stereocenters. The SMILES string of the molecule is Cc1cc2c(cc1C)C1(c3ccccc3-c3ccccc31)c1c(C)c(C)cc(-c3ccc(N(c4cccc(-c5cccc6c5oc5ccccc56)c4)c4ccc5c(c4)C(C)(C)c4ccccc4-5)cc3)c1-2. The molecule has 70 heavy (non-hydrogen) atoms. The fourth-order valence-electron chi connectivity index (χ4n) is 13.0. The molecule has 2 nitrogen and oxygen atoms in total. The molecule has 3 aliphatic rings. The molecule has 334 valence electrons. The Bertz CT molecular complexity index is 3980. The lowest BCUT2D eigenvalue weighted by Gasteiger charge is -2.32. The minimum absolute atomic E-state index is 0.148. The molecule has 0 saturated heterocycles. The van der Waals surface area contributed by atoms with Crippen LogP contribution in [-0.4, -0.2) is 0 Å². The van der Waals surface area contributed by atoms with Crippen molar-refractivity contribution in [2.45, 2.75) is 52.4 Å². The minimum atomic E-state index is -0.420. The van der Waals surface area contributed by atoms with E-state index in [1.165, 1.54) is 100 Å². The predicted molar refractivity (Wildman–Crippen MR) is 292 cm³/mol. The standard InChI is InChI=1S/C68H51NO/c1-40-35-57-62(37-41(40)2)68(59-26-12-8-20-51(59)52-21-9-13-27-60(52)68)65-43(4)42(3)36-56(64(57)65)44-29-31-46(32-30-44)69(48-33-34-53-50-19-7-11-25-58(50)67(5,6)61(53)39-48)47-18-15-17-45(38-47)49-23-16-24-55-54-22-10-14-28-63(54)70-66(49)55/h7-39H,1-6H3. The molecule has 1 aromatic heterocycles. The van der Waals surface area contributed by atoms with Crippen molar-refractivity contribution in [2.75, 3.05) is 4.90 Å². The van der Waals surface area contributed by atoms with Crippen LogP contribution in [0.4, 0.5) is 17.1 Å². The Kier molecular flexibility index (Phi) is 8.55. The van der Waals surface area contributed by atoms with Crippen LogP contribution < -0.4 is 4.90 Å². The van der Waals surface area contributed by atoms with Crippen molar-refractivity contribution in [3.63, 3.8) is 0 Å². The summed E-state index contributed by atoms with van der Waals surface area (Å²) in [4.78, 5) is 2.44. The molecule has 0 atom stereocenters. The Hall–Kier alpha value is -8.20. The third kappa shape index (κ3) is 5.45. The summed E-state index contributed by atoms with van der Waals surface area (Å²) in [5, 5.41) is 2.26. The Morgan fingerprint density at radius 3 is 1.70 bits per heavy atom. The summed E-state index contributed by atoms with van der Waals surface area (Å²) in [5.41, 5.74) is 30.8. The van der Waals surface area contributed by atoms with E-state index in [1.807, 2.05) is 6.07 Å². The van der Waals surface area contributed by atoms with Gasteiger partial charge in [0.15, 0.2) is 0 Å². The van der Waals surface area contributed by atoms with E-state index >= 15 is 0 Å². The van der Waals surface area contributed by atoms with Crippen molar-refractivity contribution in [3.05, 3.63) is 256 Å². The molecule has 14 rings (SSSR count). The first-order valence-electron chi connectivity index (χ1n) is 24.7. The van der Waals surface area contributed by atoms with E-state index in [1.54, 1.807) is 0 Å². The van der Waals surface area contributed by atoms with Crippen molar-refractivity contribution in [3.8, 4) is 55.6 Å². The van der Waals surface area contributed by atoms with Gasteiger partial charge in [0, 0.05) is 38.8 Å². The lowest BCUT2D eigenvalue weighted by molar-refractivity contribution is 0.660. The second-order valence-electron chi connectivity index (χ2n) is 20.6. The summed E-state index contributed by atoms with van der Waals surface area (Å²) >= 11 is 0. The van der Waals surface area contributed by atoms with Gasteiger partial charge in [-0.15, -0.1) is 0 Å². The van der Waals surface area contributed by atoms with Gasteiger partial charge in [0.25, 0.3) is 0 Å². The van der Waals surface area contributed by atoms with E-state index < -0.39 is 5.41 Å². The number of benzene rings is 10. The maximum absolute atomic E-state index is 6.60. The molecule has 2 heteroatoms. The number of rotatable bonds is 5. The van der Waals surface area contributed by atoms with Crippen LogP contribution in [0.3, 0.4) is 0 Å². The van der Waals surface area contributed by atoms with Crippen LogP contribution >= 0.6 is 0 Å². The largest absolute Gasteiger partial charge is 0.455 e. The van der Waals surface area contributed by atoms with Gasteiger partial charge < -0.3 is 9.32 Å². The van der Waals surface area contributed by atoms with Gasteiger partial charge in [-0.05, 0) is 176 Å². The molecule has 11 aromatic rings. The molecule has 0 N–H and O–H groups in total. The van der Waals surface area contributed by atoms with Crippen LogP contribution in [0.25, 0.3) is 77.6 Å². The Balaban J connectivity index is 0.962. The number of aryl methyl sites for hydroxylation is 3. The summed E-state index contributed by atoms with van der Waals surface area (Å²) in [6.07, 6.45) is 0. The Morgan fingerprint density at radius 2 is 0.943 bits per heavy atom. The molecule has 3 aliphatic carbocycles. The van der Waals surface area contributed by atoms with Crippen LogP contribution in [0.5, 0.6) is 0 Å². The van der Waals surface area contributed by atoms with Crippen molar-refractivity contribution in [2.24, 2.45) is 0 Å². The van der Waals surface area contributed by atoms with Gasteiger partial charge in [0.1, 0.15) is 11.2 Å². The first-order valence-corrected chi connectivity index (χ1v) is 24.7. The molecular formula is C68H51NO. The highest BCUT2D eigenvalue weighted by molar-refractivity contribution is 6.10. The average Bonchev–Trinajstić information content (AvgIpc) is 4.08. The minimum Gasteiger partial charge on any atom is -0.455 e. The lowest BCUT2D eigenvalue weighted by Crippen LogP contribution is -2.27. The number of para-hydroxylation sites is 2. The number of hydrogen-bond acceptors (Lipinski definition) is 2. The molecule has 0 aliphatic heterocycles. The van der Waals surface area contributed by atoms with E-state index in [9.17, 15) is 0 Å². The molecular weight excluding hydrogens is 847 g/mol. The summed E-state index contributed by atoms with van der Waals surface area (Å²) < 4.78 is 6.60. The van der Waals surface area contributed by atoms with Crippen molar-refractivity contribution < 1.29 is 4.42 Å². The van der Waals surface area contributed by atoms with Crippen LogP contribution in [0.15, 0.2) is 205 Å². The number of furan rings is 1. The second-order valence-corrected chi connectivity index (χ2v) is 20.6. The highest BCUT2D eigenvalue weighted by atomic mass is 16.3. The number of hydrogen-bond donors (Lipinski definition) is 0. The lowest BCUT2D eigenvalue weighted by atomic mass is 9.68. The maximum Gasteiger partial charge on any atom is 0.143 e. The van der Waals surface area contributed by atoms with Crippen molar-refractivity contribution >= 4 is 39.0 Å². The van der Waals surface area contributed by atoms with E-state index in [4.69, 9.17) is 4.42 Å². The highest BCUT2D eigenvalue weighted by Gasteiger charge is 2.53. The highest BCUT2D eigenvalue weighted by Crippen LogP contribution is 2.65. The van der Waals surface area contributed by atoms with Gasteiger partial charge in [0.05, 0.1) is 5.41 Å². The molecule has 0 bridgehead atoms. The Labute approximate surface area is 410 Å². The number of anilines is 3. The zero-order chi connectivity index (χ0) is 47.2. The van der Waals surface area contributed by atoms with E-state index in [2.05, 4.69) is 241 Å². The van der Waals surface area contributed by atoms with E-state index in [0.717, 1.165) is 50.1 Å². The maximum atomic E-state index is 6.60. The first kappa shape index (κ1) is 40.8. The van der Waals surface area contributed by atoms with E-state index in [0.29, 0.717) is 0 Å². The molecule has 0 radical (unpaired) electrons. The van der Waals surface area contributed by atoms with Gasteiger partial charge >= 0.3 is 0 Å². The third-order valence-electron chi connectivity index (χ3n) is 16.6. The normalized spacial score (nSPS) is 14.1. The van der Waals surface area contributed by atoms with Gasteiger partial charge in [0.2, 0.25) is 0 Å². The van der Waals surface area contributed by atoms with Crippen LogP contribution in [0.1, 0.15) is 69.5 Å². The summed E-state index contributed by atoms with van der Waals surface area (Å²) in [7, 11) is 0. The summed E-state index contributed by atoms with van der Waals surface area (Å²) in [6.45, 7) is 13.9. The quantitative estimate of drug-likeness (QED) is 0.171. The van der Waals surface area contributed by atoms with Crippen LogP contribution in [0, 0.1) is 27.7 Å². The van der Waals surface area contributed by atoms with Gasteiger partial charge in [-0.25, -0.2) is 0 Å². The second kappa shape index (κ2) is 14.7. The zero-order valence-electron chi connectivity index (χ0n) is 40.4. The van der Waals surface area contributed by atoms with Crippen molar-refractivity contribution in [1.29, 1.82) is 0 Å². The molecule has 0 saturated carbocycles. The molecule has 1 heterocycles. The van der Waals surface area contributed by atoms with Crippen LogP contribution in [-0.2, 0) is 10.8 Å². The zero-order valence-corrected chi connectivity index (χ0v) is 40.4. The predicted octanol–water partition coefficient (Wildman–Crippen LogP) is 18.3. The fraction of sp³-hybridized carbons (Fsp3) is 0.118. The summed E-state index contributed by atoms with van der Waals surface area (Å²) in [6, 6.07) is 75.0. The third-order valence-corrected chi connectivity index (χ3v) is 16.6. The number of fused-ring (bicyclic) bond motifs is 16. The van der Waals surface area contributed by atoms with Crippen molar-refractivity contribution in [1.82, 2.24) is 0 Å². The van der Waals surface area contributed by atoms with E-state index in [-0.39, 0.29) is 5.41 Å².